The maximum Gasteiger partial charge on any atom is 0.331 e. The van der Waals surface area contributed by atoms with Gasteiger partial charge >= 0.3 is 12.0 Å². The minimum Gasteiger partial charge on any atom is -0.479 e. The van der Waals surface area contributed by atoms with Gasteiger partial charge in [-0.3, -0.25) is 4.68 Å². The van der Waals surface area contributed by atoms with Gasteiger partial charge in [-0.05, 0) is 13.3 Å². The predicted octanol–water partition coefficient (Wildman–Crippen LogP) is 0.811. The molecule has 0 spiro atoms. The van der Waals surface area contributed by atoms with E-state index in [4.69, 9.17) is 5.11 Å². The third-order valence-electron chi connectivity index (χ3n) is 2.41. The second-order valence-electron chi connectivity index (χ2n) is 3.98. The number of allylic oxidation sites excluding steroid dienone is 1. The molecule has 0 radical (unpaired) electrons. The molecule has 1 heterocycles. The smallest absolute Gasteiger partial charge is 0.331 e. The maximum absolute atomic E-state index is 11.6. The molecule has 7 heteroatoms. The number of aromatic nitrogens is 2. The second kappa shape index (κ2) is 7.20. The molecule has 0 bridgehead atoms. The standard InChI is InChI=1S/C12H18N4O3/c1-3-4-5-6-13-12(19)15-10(11(17)18)9-7-14-16(2)8-9/h3-4,7-8,10H,5-6H2,1-2H3,(H,17,18)(H2,13,15,19)/b4-3+. The molecule has 7 nitrogen and oxygen atoms in total. The number of carbonyl (C=O) groups excluding carboxylic acids is 1. The molecule has 1 aromatic rings. The van der Waals surface area contributed by atoms with Crippen LogP contribution in [0.25, 0.3) is 0 Å². The monoisotopic (exact) mass is 266 g/mol. The van der Waals surface area contributed by atoms with Crippen molar-refractivity contribution in [3.05, 3.63) is 30.1 Å². The van der Waals surface area contributed by atoms with Crippen LogP contribution in [0.4, 0.5) is 4.79 Å². The van der Waals surface area contributed by atoms with E-state index < -0.39 is 18.0 Å². The van der Waals surface area contributed by atoms with Crippen molar-refractivity contribution in [3.8, 4) is 0 Å². The van der Waals surface area contributed by atoms with Gasteiger partial charge in [0.25, 0.3) is 0 Å². The summed E-state index contributed by atoms with van der Waals surface area (Å²) in [5.74, 6) is -1.13. The number of urea groups is 1. The van der Waals surface area contributed by atoms with Crippen LogP contribution < -0.4 is 10.6 Å². The number of amides is 2. The molecule has 2 amide bonds. The van der Waals surface area contributed by atoms with Crippen LogP contribution in [0.2, 0.25) is 0 Å². The Kier molecular flexibility index (Phi) is 5.59. The highest BCUT2D eigenvalue weighted by molar-refractivity contribution is 5.83. The zero-order valence-electron chi connectivity index (χ0n) is 11.0. The fraction of sp³-hybridized carbons (Fsp3) is 0.417. The number of hydrogen-bond donors (Lipinski definition) is 3. The van der Waals surface area contributed by atoms with Gasteiger partial charge in [-0.15, -0.1) is 0 Å². The van der Waals surface area contributed by atoms with Gasteiger partial charge in [0.1, 0.15) is 0 Å². The number of rotatable bonds is 6. The molecule has 1 aromatic heterocycles. The first-order chi connectivity index (χ1) is 9.04. The predicted molar refractivity (Wildman–Crippen MR) is 69.6 cm³/mol. The molecule has 3 N–H and O–H groups in total. The number of hydrogen-bond acceptors (Lipinski definition) is 3. The Morgan fingerprint density at radius 1 is 1.58 bits per heavy atom. The highest BCUT2D eigenvalue weighted by atomic mass is 16.4. The number of nitrogens with zero attached hydrogens (tertiary/aromatic N) is 2. The Balaban J connectivity index is 2.55. The third kappa shape index (κ3) is 4.82. The molecule has 0 saturated carbocycles. The lowest BCUT2D eigenvalue weighted by atomic mass is 10.1. The van der Waals surface area contributed by atoms with E-state index in [1.54, 1.807) is 13.2 Å². The average Bonchev–Trinajstić information content (AvgIpc) is 2.78. The van der Waals surface area contributed by atoms with Crippen LogP contribution in [0.3, 0.4) is 0 Å². The minimum absolute atomic E-state index is 0.429. The molecule has 0 aliphatic rings. The lowest BCUT2D eigenvalue weighted by molar-refractivity contribution is -0.139. The quantitative estimate of drug-likeness (QED) is 0.524. The molecule has 0 aliphatic heterocycles. The molecule has 104 valence electrons. The van der Waals surface area contributed by atoms with Gasteiger partial charge in [0.2, 0.25) is 0 Å². The van der Waals surface area contributed by atoms with Gasteiger partial charge in [-0.2, -0.15) is 5.10 Å². The Bertz CT molecular complexity index is 467. The fourth-order valence-electron chi connectivity index (χ4n) is 1.49. The van der Waals surface area contributed by atoms with E-state index in [9.17, 15) is 9.59 Å². The van der Waals surface area contributed by atoms with E-state index in [2.05, 4.69) is 15.7 Å². The van der Waals surface area contributed by atoms with Gasteiger partial charge in [-0.1, -0.05) is 12.2 Å². The minimum atomic E-state index is -1.13. The van der Waals surface area contributed by atoms with E-state index in [-0.39, 0.29) is 0 Å². The van der Waals surface area contributed by atoms with Crippen molar-refractivity contribution in [1.82, 2.24) is 20.4 Å². The van der Waals surface area contributed by atoms with Crippen molar-refractivity contribution in [2.24, 2.45) is 7.05 Å². The Hall–Kier alpha value is -2.31. The lowest BCUT2D eigenvalue weighted by Crippen LogP contribution is -2.41. The molecule has 0 aromatic carbocycles. The van der Waals surface area contributed by atoms with Gasteiger partial charge in [0.15, 0.2) is 6.04 Å². The van der Waals surface area contributed by atoms with Crippen LogP contribution in [0.15, 0.2) is 24.5 Å². The Morgan fingerprint density at radius 2 is 2.32 bits per heavy atom. The number of carbonyl (C=O) groups is 2. The third-order valence-corrected chi connectivity index (χ3v) is 2.41. The zero-order chi connectivity index (χ0) is 14.3. The van der Waals surface area contributed by atoms with Gasteiger partial charge < -0.3 is 15.7 Å². The summed E-state index contributed by atoms with van der Waals surface area (Å²) in [7, 11) is 1.68. The Labute approximate surface area is 111 Å². The van der Waals surface area contributed by atoms with E-state index in [0.717, 1.165) is 0 Å². The summed E-state index contributed by atoms with van der Waals surface area (Å²) in [6, 6.07) is -1.61. The molecule has 0 fully saturated rings. The molecule has 1 atom stereocenters. The van der Waals surface area contributed by atoms with Crippen LogP contribution in [-0.2, 0) is 11.8 Å². The molecule has 0 saturated heterocycles. The van der Waals surface area contributed by atoms with Crippen LogP contribution in [0, 0.1) is 0 Å². The molecule has 1 unspecified atom stereocenters. The van der Waals surface area contributed by atoms with Crippen molar-refractivity contribution in [1.29, 1.82) is 0 Å². The van der Waals surface area contributed by atoms with E-state index in [1.807, 2.05) is 19.1 Å². The summed E-state index contributed by atoms with van der Waals surface area (Å²) in [5, 5.41) is 18.0. The maximum atomic E-state index is 11.6. The van der Waals surface area contributed by atoms with E-state index in [0.29, 0.717) is 18.5 Å². The highest BCUT2D eigenvalue weighted by Gasteiger charge is 2.23. The average molecular weight is 266 g/mol. The van der Waals surface area contributed by atoms with Gasteiger partial charge in [0.05, 0.1) is 6.20 Å². The summed E-state index contributed by atoms with van der Waals surface area (Å²) in [6.07, 6.45) is 7.47. The van der Waals surface area contributed by atoms with Crippen molar-refractivity contribution in [3.63, 3.8) is 0 Å². The van der Waals surface area contributed by atoms with E-state index in [1.165, 1.54) is 10.9 Å². The molecular formula is C12H18N4O3. The number of carboxylic acid groups (broad SMARTS) is 1. The summed E-state index contributed by atoms with van der Waals surface area (Å²) >= 11 is 0. The lowest BCUT2D eigenvalue weighted by Gasteiger charge is -2.13. The number of aryl methyl sites for hydroxylation is 1. The Morgan fingerprint density at radius 3 is 2.84 bits per heavy atom. The van der Waals surface area contributed by atoms with Crippen LogP contribution in [-0.4, -0.2) is 33.4 Å². The zero-order valence-corrected chi connectivity index (χ0v) is 11.0. The van der Waals surface area contributed by atoms with Crippen LogP contribution in [0.5, 0.6) is 0 Å². The number of carboxylic acids is 1. The van der Waals surface area contributed by atoms with Crippen molar-refractivity contribution >= 4 is 12.0 Å². The molecule has 0 aliphatic carbocycles. The van der Waals surface area contributed by atoms with Crippen molar-refractivity contribution < 1.29 is 14.7 Å². The molecule has 1 rings (SSSR count). The second-order valence-corrected chi connectivity index (χ2v) is 3.98. The largest absolute Gasteiger partial charge is 0.479 e. The van der Waals surface area contributed by atoms with Crippen LogP contribution >= 0.6 is 0 Å². The normalized spacial score (nSPS) is 12.3. The van der Waals surface area contributed by atoms with E-state index >= 15 is 0 Å². The fourth-order valence-corrected chi connectivity index (χ4v) is 1.49. The highest BCUT2D eigenvalue weighted by Crippen LogP contribution is 2.11. The molecular weight excluding hydrogens is 248 g/mol. The van der Waals surface area contributed by atoms with Gasteiger partial charge in [0, 0.05) is 25.4 Å². The van der Waals surface area contributed by atoms with Crippen molar-refractivity contribution in [2.45, 2.75) is 19.4 Å². The first-order valence-corrected chi connectivity index (χ1v) is 5.91. The summed E-state index contributed by atoms with van der Waals surface area (Å²) in [5.41, 5.74) is 0.429. The summed E-state index contributed by atoms with van der Waals surface area (Å²) < 4.78 is 1.48. The first-order valence-electron chi connectivity index (χ1n) is 5.91. The summed E-state index contributed by atoms with van der Waals surface area (Å²) in [4.78, 5) is 22.7. The number of aliphatic carboxylic acids is 1. The van der Waals surface area contributed by atoms with Crippen molar-refractivity contribution in [2.75, 3.05) is 6.54 Å². The molecule has 19 heavy (non-hydrogen) atoms. The summed E-state index contributed by atoms with van der Waals surface area (Å²) in [6.45, 7) is 2.35. The topological polar surface area (TPSA) is 96.2 Å². The van der Waals surface area contributed by atoms with Gasteiger partial charge in [-0.25, -0.2) is 9.59 Å². The SMILES string of the molecule is C/C=C/CCNC(=O)NC(C(=O)O)c1cnn(C)c1. The van der Waals surface area contributed by atoms with Crippen LogP contribution in [0.1, 0.15) is 24.9 Å². The first kappa shape index (κ1) is 14.7. The number of nitrogens with one attached hydrogen (secondary N) is 2.